The Balaban J connectivity index is 1.46. The summed E-state index contributed by atoms with van der Waals surface area (Å²) >= 11 is 1.31. The van der Waals surface area contributed by atoms with Crippen molar-refractivity contribution in [3.8, 4) is 11.5 Å². The van der Waals surface area contributed by atoms with Gasteiger partial charge in [0.2, 0.25) is 11.8 Å². The van der Waals surface area contributed by atoms with Crippen molar-refractivity contribution < 1.29 is 9.21 Å². The minimum Gasteiger partial charge on any atom is -0.411 e. The van der Waals surface area contributed by atoms with Crippen LogP contribution in [0.4, 0.5) is 5.69 Å². The molecule has 0 saturated heterocycles. The van der Waals surface area contributed by atoms with Gasteiger partial charge in [-0.15, -0.1) is 10.2 Å². The molecule has 30 heavy (non-hydrogen) atoms. The second kappa shape index (κ2) is 9.47. The van der Waals surface area contributed by atoms with Gasteiger partial charge in [-0.25, -0.2) is 0 Å². The number of aryl methyl sites for hydroxylation is 2. The van der Waals surface area contributed by atoms with Gasteiger partial charge >= 0.3 is 0 Å². The van der Waals surface area contributed by atoms with E-state index in [-0.39, 0.29) is 17.7 Å². The van der Waals surface area contributed by atoms with Crippen LogP contribution in [-0.4, -0.2) is 27.9 Å². The third-order valence-corrected chi connectivity index (χ3v) is 6.53. The van der Waals surface area contributed by atoms with Gasteiger partial charge in [0.1, 0.15) is 0 Å². The maximum absolute atomic E-state index is 13.2. The molecule has 5 nitrogen and oxygen atoms in total. The lowest BCUT2D eigenvalue weighted by Gasteiger charge is -2.34. The van der Waals surface area contributed by atoms with Crippen LogP contribution in [0.25, 0.3) is 11.5 Å². The number of para-hydroxylation sites is 1. The van der Waals surface area contributed by atoms with E-state index in [1.807, 2.05) is 53.4 Å². The van der Waals surface area contributed by atoms with Crippen LogP contribution in [0.1, 0.15) is 43.2 Å². The van der Waals surface area contributed by atoms with E-state index in [2.05, 4.69) is 24.0 Å². The molecule has 0 spiro atoms. The fraction of sp³-hybridized carbons (Fsp3) is 0.375. The van der Waals surface area contributed by atoms with Crippen molar-refractivity contribution in [2.45, 2.75) is 57.2 Å². The molecule has 1 heterocycles. The number of anilines is 1. The summed E-state index contributed by atoms with van der Waals surface area (Å²) in [4.78, 5) is 15.2. The number of carbonyl (C=O) groups is 1. The molecule has 1 aliphatic carbocycles. The average Bonchev–Trinajstić information content (AvgIpc) is 3.25. The average molecular weight is 422 g/mol. The smallest absolute Gasteiger partial charge is 0.277 e. The van der Waals surface area contributed by atoms with Gasteiger partial charge in [-0.1, -0.05) is 55.3 Å². The first-order valence-electron chi connectivity index (χ1n) is 10.5. The van der Waals surface area contributed by atoms with Gasteiger partial charge in [0, 0.05) is 17.3 Å². The van der Waals surface area contributed by atoms with E-state index in [0.29, 0.717) is 11.1 Å². The summed E-state index contributed by atoms with van der Waals surface area (Å²) in [6, 6.07) is 16.3. The van der Waals surface area contributed by atoms with Gasteiger partial charge < -0.3 is 9.32 Å². The zero-order chi connectivity index (χ0) is 20.9. The number of amides is 1. The predicted molar refractivity (Wildman–Crippen MR) is 121 cm³/mol. The van der Waals surface area contributed by atoms with Gasteiger partial charge in [-0.3, -0.25) is 4.79 Å². The van der Waals surface area contributed by atoms with E-state index < -0.39 is 0 Å². The van der Waals surface area contributed by atoms with Crippen LogP contribution in [0.2, 0.25) is 0 Å². The number of nitrogens with zero attached hydrogens (tertiary/aromatic N) is 3. The highest BCUT2D eigenvalue weighted by Crippen LogP contribution is 2.30. The largest absolute Gasteiger partial charge is 0.411 e. The van der Waals surface area contributed by atoms with Crippen molar-refractivity contribution in [2.75, 3.05) is 10.7 Å². The number of rotatable bonds is 6. The molecule has 1 aromatic heterocycles. The lowest BCUT2D eigenvalue weighted by Crippen LogP contribution is -2.42. The maximum atomic E-state index is 13.2. The third-order valence-electron chi connectivity index (χ3n) is 5.72. The van der Waals surface area contributed by atoms with E-state index in [1.165, 1.54) is 42.2 Å². The molecule has 1 saturated carbocycles. The van der Waals surface area contributed by atoms with E-state index in [4.69, 9.17) is 4.42 Å². The van der Waals surface area contributed by atoms with Gasteiger partial charge in [-0.2, -0.15) is 0 Å². The lowest BCUT2D eigenvalue weighted by atomic mass is 9.93. The Morgan fingerprint density at radius 2 is 1.80 bits per heavy atom. The molecular formula is C24H27N3O2S. The molecule has 0 unspecified atom stereocenters. The second-order valence-corrected chi connectivity index (χ2v) is 8.78. The molecule has 0 atom stereocenters. The van der Waals surface area contributed by atoms with E-state index in [9.17, 15) is 4.79 Å². The molecule has 0 N–H and O–H groups in total. The summed E-state index contributed by atoms with van der Waals surface area (Å²) in [5, 5.41) is 8.73. The molecule has 0 radical (unpaired) electrons. The highest BCUT2D eigenvalue weighted by Gasteiger charge is 2.27. The Labute approximate surface area is 181 Å². The van der Waals surface area contributed by atoms with Crippen LogP contribution in [-0.2, 0) is 4.79 Å². The van der Waals surface area contributed by atoms with Gasteiger partial charge in [0.15, 0.2) is 0 Å². The normalized spacial score (nSPS) is 14.6. The second-order valence-electron chi connectivity index (χ2n) is 7.85. The molecule has 0 bridgehead atoms. The first kappa shape index (κ1) is 20.7. The van der Waals surface area contributed by atoms with E-state index >= 15 is 0 Å². The summed E-state index contributed by atoms with van der Waals surface area (Å²) in [7, 11) is 0. The predicted octanol–water partition coefficient (Wildman–Crippen LogP) is 5.81. The molecule has 6 heteroatoms. The minimum atomic E-state index is 0.0871. The monoisotopic (exact) mass is 421 g/mol. The highest BCUT2D eigenvalue weighted by atomic mass is 32.2. The molecule has 1 fully saturated rings. The zero-order valence-electron chi connectivity index (χ0n) is 17.5. The number of hydrogen-bond donors (Lipinski definition) is 0. The molecule has 1 aliphatic rings. The Bertz CT molecular complexity index is 997. The number of aromatic nitrogens is 2. The van der Waals surface area contributed by atoms with Crippen LogP contribution in [0.15, 0.2) is 58.2 Å². The zero-order valence-corrected chi connectivity index (χ0v) is 18.3. The summed E-state index contributed by atoms with van der Waals surface area (Å²) in [5.41, 5.74) is 4.27. The number of thioether (sulfide) groups is 1. The lowest BCUT2D eigenvalue weighted by molar-refractivity contribution is -0.116. The molecule has 2 aromatic carbocycles. The topological polar surface area (TPSA) is 59.2 Å². The van der Waals surface area contributed by atoms with Gasteiger partial charge in [0.25, 0.3) is 5.22 Å². The molecular weight excluding hydrogens is 394 g/mol. The molecule has 156 valence electrons. The number of hydrogen-bond acceptors (Lipinski definition) is 5. The molecule has 3 aromatic rings. The molecule has 1 amide bonds. The van der Waals surface area contributed by atoms with Crippen molar-refractivity contribution in [3.05, 3.63) is 59.7 Å². The Morgan fingerprint density at radius 3 is 2.53 bits per heavy atom. The summed E-state index contributed by atoms with van der Waals surface area (Å²) in [6.07, 6.45) is 5.73. The van der Waals surface area contributed by atoms with Gasteiger partial charge in [-0.05, 0) is 62.1 Å². The number of carbonyl (C=O) groups excluding carboxylic acids is 1. The fourth-order valence-corrected chi connectivity index (χ4v) is 4.56. The molecule has 0 aliphatic heterocycles. The molecule has 4 rings (SSSR count). The van der Waals surface area contributed by atoms with E-state index in [0.717, 1.165) is 24.1 Å². The highest BCUT2D eigenvalue weighted by molar-refractivity contribution is 7.99. The van der Waals surface area contributed by atoms with Crippen molar-refractivity contribution >= 4 is 23.4 Å². The Hall–Kier alpha value is -2.60. The maximum Gasteiger partial charge on any atom is 0.277 e. The van der Waals surface area contributed by atoms with Crippen LogP contribution in [0, 0.1) is 13.8 Å². The van der Waals surface area contributed by atoms with Crippen LogP contribution in [0.5, 0.6) is 0 Å². The van der Waals surface area contributed by atoms with Crippen molar-refractivity contribution in [3.63, 3.8) is 0 Å². The van der Waals surface area contributed by atoms with Crippen LogP contribution in [0.3, 0.4) is 0 Å². The first-order chi connectivity index (χ1) is 14.6. The fourth-order valence-electron chi connectivity index (χ4n) is 3.94. The van der Waals surface area contributed by atoms with Crippen molar-refractivity contribution in [2.24, 2.45) is 0 Å². The van der Waals surface area contributed by atoms with E-state index in [1.54, 1.807) is 0 Å². The standard InChI is InChI=1S/C24H27N3O2S/c1-17-13-14-19(15-18(17)2)23-25-26-24(29-23)30-16-22(28)27(20-9-5-3-6-10-20)21-11-7-4-8-12-21/h3,5-6,9-10,13-15,21H,4,7-8,11-12,16H2,1-2H3. The summed E-state index contributed by atoms with van der Waals surface area (Å²) in [5.74, 6) is 0.851. The Kier molecular flexibility index (Phi) is 6.53. The first-order valence-corrected chi connectivity index (χ1v) is 11.5. The minimum absolute atomic E-state index is 0.0871. The van der Waals surface area contributed by atoms with Gasteiger partial charge in [0.05, 0.1) is 5.75 Å². The van der Waals surface area contributed by atoms with Crippen molar-refractivity contribution in [1.82, 2.24) is 10.2 Å². The quantitative estimate of drug-likeness (QED) is 0.470. The van der Waals surface area contributed by atoms with Crippen molar-refractivity contribution in [1.29, 1.82) is 0 Å². The van der Waals surface area contributed by atoms with Crippen LogP contribution < -0.4 is 4.90 Å². The van der Waals surface area contributed by atoms with Crippen LogP contribution >= 0.6 is 11.8 Å². The third kappa shape index (κ3) is 4.75. The SMILES string of the molecule is Cc1ccc(-c2nnc(SCC(=O)N(c3ccccc3)C3CCCCC3)o2)cc1C. The Morgan fingerprint density at radius 1 is 1.03 bits per heavy atom. The number of benzene rings is 2. The summed E-state index contributed by atoms with van der Waals surface area (Å²) < 4.78 is 5.82. The summed E-state index contributed by atoms with van der Waals surface area (Å²) in [6.45, 7) is 4.14.